The second kappa shape index (κ2) is 4.28. The summed E-state index contributed by atoms with van der Waals surface area (Å²) in [5.74, 6) is 0. The number of imidazole rings is 1. The van der Waals surface area contributed by atoms with Crippen LogP contribution >= 0.6 is 0 Å². The van der Waals surface area contributed by atoms with Gasteiger partial charge in [-0.15, -0.1) is 0 Å². The molecule has 6 heteroatoms. The van der Waals surface area contributed by atoms with Gasteiger partial charge in [-0.2, -0.15) is 5.26 Å². The zero-order valence-corrected chi connectivity index (χ0v) is 9.25. The van der Waals surface area contributed by atoms with Gasteiger partial charge in [0, 0.05) is 0 Å². The molecule has 0 saturated carbocycles. The van der Waals surface area contributed by atoms with Gasteiger partial charge >= 0.3 is 0 Å². The van der Waals surface area contributed by atoms with Crippen molar-refractivity contribution in [2.24, 2.45) is 0 Å². The Bertz CT molecular complexity index is 492. The lowest BCUT2D eigenvalue weighted by Gasteiger charge is -2.04. The molecule has 0 aromatic carbocycles. The molecule has 0 aliphatic carbocycles. The van der Waals surface area contributed by atoms with E-state index in [2.05, 4.69) is 9.97 Å². The van der Waals surface area contributed by atoms with Crippen LogP contribution in [0.5, 0.6) is 0 Å². The van der Waals surface area contributed by atoms with Crippen molar-refractivity contribution >= 4 is 15.9 Å². The first-order chi connectivity index (χ1) is 6.98. The fourth-order valence-electron chi connectivity index (χ4n) is 0.919. The van der Waals surface area contributed by atoms with Gasteiger partial charge in [-0.05, 0) is 19.9 Å². The van der Waals surface area contributed by atoms with Crippen molar-refractivity contribution in [1.82, 2.24) is 9.97 Å². The van der Waals surface area contributed by atoms with Gasteiger partial charge < -0.3 is 4.98 Å². The minimum atomic E-state index is -3.51. The Labute approximate surface area is 88.4 Å². The summed E-state index contributed by atoms with van der Waals surface area (Å²) in [6.07, 6.45) is 4.15. The molecule has 0 aliphatic rings. The second-order valence-corrected chi connectivity index (χ2v) is 5.69. The molecular formula is C9H11N3O2S. The normalized spacial score (nSPS) is 12.8. The van der Waals surface area contributed by atoms with Crippen molar-refractivity contribution in [1.29, 1.82) is 5.26 Å². The first-order valence-electron chi connectivity index (χ1n) is 4.32. The second-order valence-electron chi connectivity index (χ2n) is 3.22. The van der Waals surface area contributed by atoms with Crippen LogP contribution in [0.1, 0.15) is 19.5 Å². The zero-order chi connectivity index (χ0) is 11.5. The molecule has 0 bridgehead atoms. The molecule has 80 valence electrons. The number of aromatic nitrogens is 2. The maximum absolute atomic E-state index is 11.7. The molecule has 15 heavy (non-hydrogen) atoms. The van der Waals surface area contributed by atoms with Crippen LogP contribution in [0, 0.1) is 11.3 Å². The molecule has 0 radical (unpaired) electrons. The maximum Gasteiger partial charge on any atom is 0.190 e. The third-order valence-corrected chi connectivity index (χ3v) is 3.91. The smallest absolute Gasteiger partial charge is 0.190 e. The van der Waals surface area contributed by atoms with Crippen molar-refractivity contribution in [3.63, 3.8) is 0 Å². The summed E-state index contributed by atoms with van der Waals surface area (Å²) in [6.45, 7) is 3.07. The highest BCUT2D eigenvalue weighted by Crippen LogP contribution is 2.15. The van der Waals surface area contributed by atoms with Crippen LogP contribution in [0.2, 0.25) is 0 Å². The zero-order valence-electron chi connectivity index (χ0n) is 8.43. The molecule has 0 spiro atoms. The number of hydrogen-bond donors (Lipinski definition) is 1. The Morgan fingerprint density at radius 3 is 2.73 bits per heavy atom. The molecule has 0 unspecified atom stereocenters. The van der Waals surface area contributed by atoms with Crippen molar-refractivity contribution in [2.45, 2.75) is 19.1 Å². The molecule has 1 heterocycles. The Balaban J connectivity index is 3.18. The molecule has 1 N–H and O–H groups in total. The average molecular weight is 225 g/mol. The molecule has 1 rings (SSSR count). The number of aromatic amines is 1. The number of sulfone groups is 1. The Hall–Kier alpha value is -1.61. The van der Waals surface area contributed by atoms with E-state index in [0.717, 1.165) is 0 Å². The van der Waals surface area contributed by atoms with Gasteiger partial charge in [0.15, 0.2) is 9.84 Å². The standard InChI is InChI=1S/C9H11N3O2S/c1-7(2)15(13,14)9(4-10)3-8-5-11-6-12-8/h3,5-7H,1-2H3,(H,11,12). The predicted molar refractivity (Wildman–Crippen MR) is 56.2 cm³/mol. The molecule has 1 aromatic rings. The molecule has 5 nitrogen and oxygen atoms in total. The Morgan fingerprint density at radius 2 is 2.33 bits per heavy atom. The average Bonchev–Trinajstić information content (AvgIpc) is 2.65. The fraction of sp³-hybridized carbons (Fsp3) is 0.333. The van der Waals surface area contributed by atoms with Crippen LogP contribution in [0.4, 0.5) is 0 Å². The number of nitriles is 1. The minimum Gasteiger partial charge on any atom is -0.345 e. The van der Waals surface area contributed by atoms with E-state index in [1.807, 2.05) is 0 Å². The van der Waals surface area contributed by atoms with Crippen molar-refractivity contribution < 1.29 is 8.42 Å². The third-order valence-electron chi connectivity index (χ3n) is 1.84. The van der Waals surface area contributed by atoms with E-state index in [0.29, 0.717) is 5.69 Å². The Morgan fingerprint density at radius 1 is 1.67 bits per heavy atom. The van der Waals surface area contributed by atoms with Crippen LogP contribution < -0.4 is 0 Å². The van der Waals surface area contributed by atoms with Crippen LogP contribution in [0.25, 0.3) is 6.08 Å². The van der Waals surface area contributed by atoms with E-state index in [1.165, 1.54) is 32.4 Å². The Kier molecular flexibility index (Phi) is 3.27. The molecule has 0 fully saturated rings. The molecule has 0 atom stereocenters. The van der Waals surface area contributed by atoms with Gasteiger partial charge in [0.2, 0.25) is 0 Å². The summed E-state index contributed by atoms with van der Waals surface area (Å²) in [5, 5.41) is 8.17. The largest absolute Gasteiger partial charge is 0.345 e. The van der Waals surface area contributed by atoms with Crippen molar-refractivity contribution in [3.8, 4) is 6.07 Å². The summed E-state index contributed by atoms with van der Waals surface area (Å²) in [7, 11) is -3.51. The molecule has 0 amide bonds. The van der Waals surface area contributed by atoms with Crippen molar-refractivity contribution in [3.05, 3.63) is 23.1 Å². The third kappa shape index (κ3) is 2.44. The number of allylic oxidation sites excluding steroid dienone is 1. The van der Waals surface area contributed by atoms with Crippen LogP contribution in [-0.2, 0) is 9.84 Å². The van der Waals surface area contributed by atoms with Crippen LogP contribution in [-0.4, -0.2) is 23.6 Å². The summed E-state index contributed by atoms with van der Waals surface area (Å²) in [6, 6.07) is 1.69. The van der Waals surface area contributed by atoms with E-state index in [4.69, 9.17) is 5.26 Å². The van der Waals surface area contributed by atoms with Gasteiger partial charge in [0.1, 0.15) is 11.0 Å². The first-order valence-corrected chi connectivity index (χ1v) is 5.87. The van der Waals surface area contributed by atoms with Gasteiger partial charge in [0.25, 0.3) is 0 Å². The van der Waals surface area contributed by atoms with E-state index in [9.17, 15) is 8.42 Å². The number of H-pyrrole nitrogens is 1. The van der Waals surface area contributed by atoms with E-state index in [1.54, 1.807) is 6.07 Å². The highest BCUT2D eigenvalue weighted by molar-refractivity contribution is 7.96. The van der Waals surface area contributed by atoms with Crippen LogP contribution in [0.3, 0.4) is 0 Å². The summed E-state index contributed by atoms with van der Waals surface area (Å²) >= 11 is 0. The fourth-order valence-corrected chi connectivity index (χ4v) is 1.85. The predicted octanol–water partition coefficient (Wildman–Crippen LogP) is 1.10. The number of hydrogen-bond acceptors (Lipinski definition) is 4. The topological polar surface area (TPSA) is 86.6 Å². The first kappa shape index (κ1) is 11.5. The van der Waals surface area contributed by atoms with Gasteiger partial charge in [-0.25, -0.2) is 13.4 Å². The highest BCUT2D eigenvalue weighted by Gasteiger charge is 2.22. The number of rotatable bonds is 3. The van der Waals surface area contributed by atoms with Gasteiger partial charge in [-0.1, -0.05) is 0 Å². The molecule has 0 saturated heterocycles. The minimum absolute atomic E-state index is 0.248. The summed E-state index contributed by atoms with van der Waals surface area (Å²) in [5.41, 5.74) is 0.496. The van der Waals surface area contributed by atoms with Crippen molar-refractivity contribution in [2.75, 3.05) is 0 Å². The molecular weight excluding hydrogens is 214 g/mol. The number of nitrogens with zero attached hydrogens (tertiary/aromatic N) is 2. The SMILES string of the molecule is CC(C)S(=O)(=O)C(C#N)=Cc1cnc[nH]1. The maximum atomic E-state index is 11.7. The van der Waals surface area contributed by atoms with Gasteiger partial charge in [0.05, 0.1) is 23.5 Å². The quantitative estimate of drug-likeness (QED) is 0.780. The highest BCUT2D eigenvalue weighted by atomic mass is 32.2. The van der Waals surface area contributed by atoms with E-state index >= 15 is 0 Å². The summed E-state index contributed by atoms with van der Waals surface area (Å²) < 4.78 is 23.3. The van der Waals surface area contributed by atoms with Gasteiger partial charge in [-0.3, -0.25) is 0 Å². The molecule has 1 aromatic heterocycles. The van der Waals surface area contributed by atoms with E-state index < -0.39 is 15.1 Å². The monoisotopic (exact) mass is 225 g/mol. The lowest BCUT2D eigenvalue weighted by Crippen LogP contribution is -2.15. The lowest BCUT2D eigenvalue weighted by molar-refractivity contribution is 0.595. The van der Waals surface area contributed by atoms with E-state index in [-0.39, 0.29) is 4.91 Å². The molecule has 0 aliphatic heterocycles. The summed E-state index contributed by atoms with van der Waals surface area (Å²) in [4.78, 5) is 6.19. The number of nitrogens with one attached hydrogen (secondary N) is 1. The lowest BCUT2D eigenvalue weighted by atomic mass is 10.4. The van der Waals surface area contributed by atoms with Crippen LogP contribution in [0.15, 0.2) is 17.4 Å².